The molecule has 0 aliphatic carbocycles. The molecule has 4 aromatic rings. The van der Waals surface area contributed by atoms with Crippen LogP contribution in [0.5, 0.6) is 0 Å². The molecule has 0 saturated heterocycles. The van der Waals surface area contributed by atoms with E-state index in [2.05, 4.69) is 83.0 Å². The van der Waals surface area contributed by atoms with Crippen molar-refractivity contribution < 1.29 is 0 Å². The van der Waals surface area contributed by atoms with Crippen molar-refractivity contribution in [1.29, 1.82) is 0 Å². The van der Waals surface area contributed by atoms with Crippen molar-refractivity contribution in [3.05, 3.63) is 88.5 Å². The Balaban J connectivity index is 1.65. The molecule has 0 amide bonds. The van der Waals surface area contributed by atoms with E-state index in [4.69, 9.17) is 0 Å². The highest BCUT2D eigenvalue weighted by atomic mass is 16.1. The SMILES string of the molecule is CCCCc1cn(-c2c(CC)cnn2C(C)C)c(=O)n1CC1(c2cccc(-c3nn[nH]n3)c2)C=CNC=C1. The van der Waals surface area contributed by atoms with Gasteiger partial charge >= 0.3 is 5.69 Å². The van der Waals surface area contributed by atoms with Gasteiger partial charge in [0.25, 0.3) is 0 Å². The molecule has 0 bridgehead atoms. The number of allylic oxidation sites excluding steroid dienone is 2. The van der Waals surface area contributed by atoms with Crippen LogP contribution in [0.3, 0.4) is 0 Å². The van der Waals surface area contributed by atoms with Gasteiger partial charge in [0, 0.05) is 35.6 Å². The number of aromatic nitrogens is 8. The predicted molar refractivity (Wildman–Crippen MR) is 147 cm³/mol. The Hall–Kier alpha value is -4.21. The highest BCUT2D eigenvalue weighted by Crippen LogP contribution is 2.34. The number of hydrogen-bond donors (Lipinski definition) is 2. The van der Waals surface area contributed by atoms with Gasteiger partial charge in [0.2, 0.25) is 5.82 Å². The number of dihydropyridines is 1. The maximum atomic E-state index is 14.2. The Morgan fingerprint density at radius 1 is 1.13 bits per heavy atom. The van der Waals surface area contributed by atoms with Crippen LogP contribution in [0, 0.1) is 0 Å². The van der Waals surface area contributed by atoms with Crippen LogP contribution in [0.4, 0.5) is 0 Å². The zero-order valence-corrected chi connectivity index (χ0v) is 22.4. The highest BCUT2D eigenvalue weighted by Gasteiger charge is 2.32. The van der Waals surface area contributed by atoms with Gasteiger partial charge < -0.3 is 5.32 Å². The number of H-pyrrole nitrogens is 1. The number of aromatic amines is 1. The lowest BCUT2D eigenvalue weighted by molar-refractivity contribution is 0.490. The zero-order chi connectivity index (χ0) is 26.7. The second-order valence-corrected chi connectivity index (χ2v) is 10.0. The fourth-order valence-electron chi connectivity index (χ4n) is 5.08. The monoisotopic (exact) mass is 513 g/mol. The van der Waals surface area contributed by atoms with Gasteiger partial charge in [-0.1, -0.05) is 50.6 Å². The maximum absolute atomic E-state index is 14.2. The first-order valence-electron chi connectivity index (χ1n) is 13.3. The Morgan fingerprint density at radius 3 is 2.63 bits per heavy atom. The van der Waals surface area contributed by atoms with Gasteiger partial charge in [-0.15, -0.1) is 10.2 Å². The van der Waals surface area contributed by atoms with Crippen molar-refractivity contribution in [1.82, 2.24) is 44.9 Å². The molecule has 0 saturated carbocycles. The Morgan fingerprint density at radius 2 is 1.95 bits per heavy atom. The van der Waals surface area contributed by atoms with E-state index >= 15 is 0 Å². The van der Waals surface area contributed by atoms with E-state index in [9.17, 15) is 4.79 Å². The second kappa shape index (κ2) is 10.6. The maximum Gasteiger partial charge on any atom is 0.334 e. The van der Waals surface area contributed by atoms with Crippen LogP contribution < -0.4 is 11.0 Å². The first-order valence-corrected chi connectivity index (χ1v) is 13.3. The number of unbranched alkanes of at least 4 members (excludes halogenated alkanes) is 1. The van der Waals surface area contributed by atoms with Crippen LogP contribution in [0.25, 0.3) is 17.2 Å². The van der Waals surface area contributed by atoms with Crippen LogP contribution in [-0.2, 0) is 24.8 Å². The molecule has 198 valence electrons. The lowest BCUT2D eigenvalue weighted by Crippen LogP contribution is -2.36. The van der Waals surface area contributed by atoms with Gasteiger partial charge in [0.15, 0.2) is 0 Å². The quantitative estimate of drug-likeness (QED) is 0.331. The van der Waals surface area contributed by atoms with Gasteiger partial charge in [-0.25, -0.2) is 9.48 Å². The van der Waals surface area contributed by atoms with Crippen LogP contribution in [0.15, 0.2) is 66.0 Å². The molecule has 2 N–H and O–H groups in total. The molecule has 4 heterocycles. The molecular formula is C28H35N9O. The summed E-state index contributed by atoms with van der Waals surface area (Å²) < 4.78 is 5.69. The molecule has 1 aromatic carbocycles. The number of hydrogen-bond acceptors (Lipinski definition) is 6. The average molecular weight is 514 g/mol. The van der Waals surface area contributed by atoms with E-state index in [0.717, 1.165) is 53.9 Å². The van der Waals surface area contributed by atoms with Gasteiger partial charge in [-0.2, -0.15) is 10.3 Å². The number of aryl methyl sites for hydroxylation is 2. The molecule has 38 heavy (non-hydrogen) atoms. The van der Waals surface area contributed by atoms with Crippen molar-refractivity contribution >= 4 is 0 Å². The molecular weight excluding hydrogens is 478 g/mol. The number of nitrogens with zero attached hydrogens (tertiary/aromatic N) is 7. The van der Waals surface area contributed by atoms with Gasteiger partial charge in [0.1, 0.15) is 5.82 Å². The molecule has 0 atom stereocenters. The Kier molecular flexibility index (Phi) is 7.13. The second-order valence-electron chi connectivity index (χ2n) is 10.0. The summed E-state index contributed by atoms with van der Waals surface area (Å²) in [5.41, 5.74) is 3.38. The summed E-state index contributed by atoms with van der Waals surface area (Å²) in [4.78, 5) is 14.2. The van der Waals surface area contributed by atoms with Crippen molar-refractivity contribution in [3.8, 4) is 17.2 Å². The van der Waals surface area contributed by atoms with Crippen molar-refractivity contribution in [3.63, 3.8) is 0 Å². The third kappa shape index (κ3) is 4.62. The molecule has 0 radical (unpaired) electrons. The molecule has 10 heteroatoms. The average Bonchev–Trinajstić information content (AvgIpc) is 3.68. The zero-order valence-electron chi connectivity index (χ0n) is 22.4. The van der Waals surface area contributed by atoms with E-state index in [1.165, 1.54) is 0 Å². The van der Waals surface area contributed by atoms with Crippen molar-refractivity contribution in [2.75, 3.05) is 0 Å². The summed E-state index contributed by atoms with van der Waals surface area (Å²) in [7, 11) is 0. The van der Waals surface area contributed by atoms with Crippen LogP contribution in [0.2, 0.25) is 0 Å². The number of rotatable bonds is 10. The minimum Gasteiger partial charge on any atom is -0.368 e. The van der Waals surface area contributed by atoms with Gasteiger partial charge in [0.05, 0.1) is 11.6 Å². The lowest BCUT2D eigenvalue weighted by Gasteiger charge is -2.31. The fourth-order valence-corrected chi connectivity index (χ4v) is 5.08. The van der Waals surface area contributed by atoms with E-state index in [1.54, 1.807) is 4.57 Å². The number of imidazole rings is 1. The Bertz CT molecular complexity index is 1490. The Labute approximate surface area is 222 Å². The molecule has 0 unspecified atom stereocenters. The predicted octanol–water partition coefficient (Wildman–Crippen LogP) is 4.07. The summed E-state index contributed by atoms with van der Waals surface area (Å²) in [6.45, 7) is 8.91. The van der Waals surface area contributed by atoms with E-state index in [0.29, 0.717) is 12.4 Å². The van der Waals surface area contributed by atoms with Crippen LogP contribution in [0.1, 0.15) is 63.4 Å². The number of nitrogens with one attached hydrogen (secondary N) is 2. The van der Waals surface area contributed by atoms with E-state index < -0.39 is 5.41 Å². The third-order valence-electron chi connectivity index (χ3n) is 7.17. The summed E-state index contributed by atoms with van der Waals surface area (Å²) >= 11 is 0. The number of benzene rings is 1. The fraction of sp³-hybridized carbons (Fsp3) is 0.393. The molecule has 0 spiro atoms. The first kappa shape index (κ1) is 25.4. The summed E-state index contributed by atoms with van der Waals surface area (Å²) in [5, 5.41) is 22.3. The van der Waals surface area contributed by atoms with Crippen LogP contribution >= 0.6 is 0 Å². The van der Waals surface area contributed by atoms with Crippen LogP contribution in [-0.4, -0.2) is 39.5 Å². The van der Waals surface area contributed by atoms with Gasteiger partial charge in [-0.05, 0) is 62.4 Å². The molecule has 1 aliphatic heterocycles. The highest BCUT2D eigenvalue weighted by molar-refractivity contribution is 5.57. The van der Waals surface area contributed by atoms with Gasteiger partial charge in [-0.3, -0.25) is 9.13 Å². The minimum absolute atomic E-state index is 0.0535. The molecule has 10 nitrogen and oxygen atoms in total. The standard InChI is InChI=1S/C28H35N9O/c1-5-7-11-24-18-35(26-21(6-2)17-30-37(26)20(3)4)27(38)36(24)19-28(12-14-29-15-13-28)23-10-8-9-22(16-23)25-31-33-34-32-25/h8-10,12-18,20,29H,5-7,11,19H2,1-4H3,(H,31,32,33,34). The molecule has 1 aliphatic rings. The molecule has 5 rings (SSSR count). The first-order chi connectivity index (χ1) is 18.5. The molecule has 0 fully saturated rings. The normalized spacial score (nSPS) is 14.3. The summed E-state index contributed by atoms with van der Waals surface area (Å²) in [6.07, 6.45) is 15.7. The van der Waals surface area contributed by atoms with E-state index in [-0.39, 0.29) is 11.7 Å². The number of tetrazole rings is 1. The lowest BCUT2D eigenvalue weighted by atomic mass is 9.78. The third-order valence-corrected chi connectivity index (χ3v) is 7.17. The summed E-state index contributed by atoms with van der Waals surface area (Å²) in [6, 6.07) is 8.24. The minimum atomic E-state index is -0.548. The summed E-state index contributed by atoms with van der Waals surface area (Å²) in [5.74, 6) is 1.39. The van der Waals surface area contributed by atoms with Crippen molar-refractivity contribution in [2.24, 2.45) is 0 Å². The topological polar surface area (TPSA) is 111 Å². The molecule has 3 aromatic heterocycles. The van der Waals surface area contributed by atoms with E-state index in [1.807, 2.05) is 46.2 Å². The smallest absolute Gasteiger partial charge is 0.334 e. The largest absolute Gasteiger partial charge is 0.368 e. The van der Waals surface area contributed by atoms with Crippen molar-refractivity contribution in [2.45, 2.75) is 71.4 Å².